The normalized spacial score (nSPS) is 10.6. The predicted octanol–water partition coefficient (Wildman–Crippen LogP) is 4.11. The second-order valence-electron chi connectivity index (χ2n) is 4.97. The molecule has 1 aromatic rings. The first kappa shape index (κ1) is 18.2. The summed E-state index contributed by atoms with van der Waals surface area (Å²) in [5, 5.41) is 3.50. The lowest BCUT2D eigenvalue weighted by molar-refractivity contribution is 0.308. The Bertz CT molecular complexity index is 385. The zero-order chi connectivity index (χ0) is 15.3. The van der Waals surface area contributed by atoms with Gasteiger partial charge in [-0.3, -0.25) is 0 Å². The molecule has 1 aromatic carbocycles. The molecule has 21 heavy (non-hydrogen) atoms. The van der Waals surface area contributed by atoms with E-state index in [0.717, 1.165) is 30.2 Å². The Balaban J connectivity index is 2.30. The van der Waals surface area contributed by atoms with E-state index in [1.807, 2.05) is 30.8 Å². The fraction of sp³-hybridized carbons (Fsp3) is 0.647. The lowest BCUT2D eigenvalue weighted by atomic mass is 10.1. The SMILES string of the molecule is CCOc1cccc(CNCCCCCCSC)c1OC. The van der Waals surface area contributed by atoms with E-state index in [1.165, 1.54) is 31.4 Å². The highest BCUT2D eigenvalue weighted by Crippen LogP contribution is 2.30. The van der Waals surface area contributed by atoms with Crippen LogP contribution in [0.4, 0.5) is 0 Å². The van der Waals surface area contributed by atoms with Gasteiger partial charge >= 0.3 is 0 Å². The van der Waals surface area contributed by atoms with Crippen molar-refractivity contribution in [2.75, 3.05) is 32.3 Å². The zero-order valence-corrected chi connectivity index (χ0v) is 14.4. The summed E-state index contributed by atoms with van der Waals surface area (Å²) in [5.41, 5.74) is 1.16. The van der Waals surface area contributed by atoms with Gasteiger partial charge in [-0.2, -0.15) is 11.8 Å². The van der Waals surface area contributed by atoms with Crippen molar-refractivity contribution in [1.29, 1.82) is 0 Å². The van der Waals surface area contributed by atoms with E-state index in [9.17, 15) is 0 Å². The first-order valence-corrected chi connectivity index (χ1v) is 9.21. The van der Waals surface area contributed by atoms with Gasteiger partial charge in [-0.15, -0.1) is 0 Å². The standard InChI is InChI=1S/C17H29NO2S/c1-4-20-16-11-9-10-15(17(16)19-2)14-18-12-7-5-6-8-13-21-3/h9-11,18H,4-8,12-14H2,1-3H3. The zero-order valence-electron chi connectivity index (χ0n) is 13.6. The van der Waals surface area contributed by atoms with Crippen LogP contribution in [0.1, 0.15) is 38.2 Å². The summed E-state index contributed by atoms with van der Waals surface area (Å²) in [5.74, 6) is 2.97. The van der Waals surface area contributed by atoms with Gasteiger partial charge in [0.1, 0.15) is 0 Å². The van der Waals surface area contributed by atoms with Crippen LogP contribution in [0.25, 0.3) is 0 Å². The largest absolute Gasteiger partial charge is 0.493 e. The third-order valence-corrected chi connectivity index (χ3v) is 4.03. The van der Waals surface area contributed by atoms with Crippen LogP contribution in [-0.2, 0) is 6.54 Å². The van der Waals surface area contributed by atoms with Crippen LogP contribution in [0, 0.1) is 0 Å². The van der Waals surface area contributed by atoms with E-state index < -0.39 is 0 Å². The molecule has 0 bridgehead atoms. The number of hydrogen-bond donors (Lipinski definition) is 1. The maximum atomic E-state index is 5.60. The summed E-state index contributed by atoms with van der Waals surface area (Å²) < 4.78 is 11.1. The highest BCUT2D eigenvalue weighted by atomic mass is 32.2. The van der Waals surface area contributed by atoms with Gasteiger partial charge in [0.05, 0.1) is 13.7 Å². The minimum atomic E-state index is 0.656. The maximum Gasteiger partial charge on any atom is 0.165 e. The molecule has 0 fully saturated rings. The smallest absolute Gasteiger partial charge is 0.165 e. The van der Waals surface area contributed by atoms with Gasteiger partial charge in [-0.1, -0.05) is 25.0 Å². The van der Waals surface area contributed by atoms with Crippen molar-refractivity contribution in [1.82, 2.24) is 5.32 Å². The Morgan fingerprint density at radius 2 is 1.95 bits per heavy atom. The van der Waals surface area contributed by atoms with Gasteiger partial charge in [0.2, 0.25) is 0 Å². The van der Waals surface area contributed by atoms with Crippen molar-refractivity contribution in [3.63, 3.8) is 0 Å². The highest BCUT2D eigenvalue weighted by molar-refractivity contribution is 7.98. The van der Waals surface area contributed by atoms with E-state index in [-0.39, 0.29) is 0 Å². The number of nitrogens with one attached hydrogen (secondary N) is 1. The quantitative estimate of drug-likeness (QED) is 0.589. The molecule has 0 heterocycles. The molecule has 0 aliphatic rings. The third kappa shape index (κ3) is 7.09. The monoisotopic (exact) mass is 311 g/mol. The van der Waals surface area contributed by atoms with Crippen molar-refractivity contribution in [2.24, 2.45) is 0 Å². The predicted molar refractivity (Wildman–Crippen MR) is 92.7 cm³/mol. The molecule has 1 rings (SSSR count). The second-order valence-corrected chi connectivity index (χ2v) is 5.95. The van der Waals surface area contributed by atoms with E-state index in [1.54, 1.807) is 7.11 Å². The summed E-state index contributed by atoms with van der Waals surface area (Å²) >= 11 is 1.94. The van der Waals surface area contributed by atoms with Gasteiger partial charge < -0.3 is 14.8 Å². The molecule has 1 N–H and O–H groups in total. The molecule has 3 nitrogen and oxygen atoms in total. The van der Waals surface area contributed by atoms with Crippen LogP contribution >= 0.6 is 11.8 Å². The Morgan fingerprint density at radius 1 is 1.14 bits per heavy atom. The molecule has 4 heteroatoms. The molecular formula is C17H29NO2S. The molecule has 0 radical (unpaired) electrons. The lowest BCUT2D eigenvalue weighted by Crippen LogP contribution is -2.15. The maximum absolute atomic E-state index is 5.60. The molecular weight excluding hydrogens is 282 g/mol. The highest BCUT2D eigenvalue weighted by Gasteiger charge is 2.09. The van der Waals surface area contributed by atoms with Crippen molar-refractivity contribution in [3.05, 3.63) is 23.8 Å². The number of methoxy groups -OCH3 is 1. The topological polar surface area (TPSA) is 30.5 Å². The van der Waals surface area contributed by atoms with Gasteiger partial charge in [-0.05, 0) is 44.4 Å². The minimum Gasteiger partial charge on any atom is -0.493 e. The van der Waals surface area contributed by atoms with Crippen LogP contribution in [0.3, 0.4) is 0 Å². The summed E-state index contributed by atoms with van der Waals surface area (Å²) in [6.07, 6.45) is 7.40. The fourth-order valence-corrected chi connectivity index (χ4v) is 2.77. The summed E-state index contributed by atoms with van der Waals surface area (Å²) in [6.45, 7) is 4.53. The van der Waals surface area contributed by atoms with Gasteiger partial charge in [-0.25, -0.2) is 0 Å². The van der Waals surface area contributed by atoms with Gasteiger partial charge in [0, 0.05) is 12.1 Å². The van der Waals surface area contributed by atoms with Crippen molar-refractivity contribution >= 4 is 11.8 Å². The minimum absolute atomic E-state index is 0.656. The lowest BCUT2D eigenvalue weighted by Gasteiger charge is -2.14. The molecule has 0 aromatic heterocycles. The number of para-hydroxylation sites is 1. The number of benzene rings is 1. The van der Waals surface area contributed by atoms with Gasteiger partial charge in [0.25, 0.3) is 0 Å². The fourth-order valence-electron chi connectivity index (χ4n) is 2.27. The molecule has 0 atom stereocenters. The molecule has 120 valence electrons. The summed E-state index contributed by atoms with van der Waals surface area (Å²) in [6, 6.07) is 6.07. The molecule has 0 saturated carbocycles. The molecule has 0 amide bonds. The summed E-state index contributed by atoms with van der Waals surface area (Å²) in [4.78, 5) is 0. The number of thioether (sulfide) groups is 1. The third-order valence-electron chi connectivity index (χ3n) is 3.33. The van der Waals surface area contributed by atoms with E-state index in [4.69, 9.17) is 9.47 Å². The van der Waals surface area contributed by atoms with Crippen molar-refractivity contribution in [3.8, 4) is 11.5 Å². The molecule has 0 aliphatic carbocycles. The molecule has 0 unspecified atom stereocenters. The van der Waals surface area contributed by atoms with E-state index in [2.05, 4.69) is 17.6 Å². The first-order chi connectivity index (χ1) is 10.3. The Kier molecular flexibility index (Phi) is 10.2. The van der Waals surface area contributed by atoms with Crippen LogP contribution in [0.2, 0.25) is 0 Å². The van der Waals surface area contributed by atoms with E-state index in [0.29, 0.717) is 6.61 Å². The second kappa shape index (κ2) is 11.8. The number of ether oxygens (including phenoxy) is 2. The Labute approximate surface area is 133 Å². The average molecular weight is 311 g/mol. The number of unbranched alkanes of at least 4 members (excludes halogenated alkanes) is 3. The van der Waals surface area contributed by atoms with Crippen molar-refractivity contribution in [2.45, 2.75) is 39.2 Å². The summed E-state index contributed by atoms with van der Waals surface area (Å²) in [7, 11) is 1.70. The molecule has 0 aliphatic heterocycles. The van der Waals surface area contributed by atoms with Crippen LogP contribution < -0.4 is 14.8 Å². The van der Waals surface area contributed by atoms with Crippen LogP contribution in [-0.4, -0.2) is 32.3 Å². The van der Waals surface area contributed by atoms with Gasteiger partial charge in [0.15, 0.2) is 11.5 Å². The van der Waals surface area contributed by atoms with Crippen LogP contribution in [0.15, 0.2) is 18.2 Å². The Morgan fingerprint density at radius 3 is 2.67 bits per heavy atom. The number of rotatable bonds is 12. The van der Waals surface area contributed by atoms with Crippen LogP contribution in [0.5, 0.6) is 11.5 Å². The Hall–Kier alpha value is -0.870. The first-order valence-electron chi connectivity index (χ1n) is 7.81. The molecule has 0 saturated heterocycles. The molecule has 0 spiro atoms. The average Bonchev–Trinajstić information content (AvgIpc) is 2.50. The van der Waals surface area contributed by atoms with E-state index >= 15 is 0 Å². The van der Waals surface area contributed by atoms with Crippen molar-refractivity contribution < 1.29 is 9.47 Å². The number of hydrogen-bond acceptors (Lipinski definition) is 4.